The van der Waals surface area contributed by atoms with E-state index >= 15 is 0 Å². The van der Waals surface area contributed by atoms with Gasteiger partial charge < -0.3 is 8.83 Å². The summed E-state index contributed by atoms with van der Waals surface area (Å²) in [5, 5.41) is 2.96. The first-order chi connectivity index (χ1) is 27.7. The minimum atomic E-state index is 0.576. The maximum Gasteiger partial charge on any atom is 0.180 e. The maximum atomic E-state index is 6.70. The number of furan rings is 2. The van der Waals surface area contributed by atoms with Crippen LogP contribution in [0.4, 0.5) is 0 Å². The van der Waals surface area contributed by atoms with Crippen LogP contribution in [0.1, 0.15) is 0 Å². The summed E-state index contributed by atoms with van der Waals surface area (Å²) < 4.78 is 13.0. The standard InChI is InChI=1S/C49H29N5O2/c1-4-13-31(14-5-1)42-45-43(38-19-10-11-22-40(38)55-45)51-49(50-42)39-21-12-20-37-36-28-27-35(29-41(36)56-44(37)39)30-23-25-34(26-24-30)48-53-46(32-15-6-2-7-16-32)52-47(54-48)33-17-8-3-9-18-33/h1-29H. The number of fused-ring (bicyclic) bond motifs is 6. The minimum absolute atomic E-state index is 0.576. The lowest BCUT2D eigenvalue weighted by Gasteiger charge is -2.09. The molecular formula is C49H29N5O2. The Bertz CT molecular complexity index is 3170. The number of hydrogen-bond donors (Lipinski definition) is 0. The number of nitrogens with zero attached hydrogens (tertiary/aromatic N) is 5. The topological polar surface area (TPSA) is 90.7 Å². The van der Waals surface area contributed by atoms with Crippen LogP contribution >= 0.6 is 0 Å². The van der Waals surface area contributed by atoms with Gasteiger partial charge in [0, 0.05) is 38.4 Å². The van der Waals surface area contributed by atoms with E-state index in [9.17, 15) is 0 Å². The number of aromatic nitrogens is 5. The van der Waals surface area contributed by atoms with Crippen LogP contribution in [0.5, 0.6) is 0 Å². The van der Waals surface area contributed by atoms with Gasteiger partial charge in [-0.15, -0.1) is 0 Å². The number of para-hydroxylation sites is 2. The summed E-state index contributed by atoms with van der Waals surface area (Å²) in [6.07, 6.45) is 0. The molecule has 0 aliphatic heterocycles. The maximum absolute atomic E-state index is 6.70. The summed E-state index contributed by atoms with van der Waals surface area (Å²) in [5.41, 5.74) is 11.1. The molecule has 4 aromatic heterocycles. The zero-order valence-corrected chi connectivity index (χ0v) is 29.8. The van der Waals surface area contributed by atoms with Gasteiger partial charge in [0.25, 0.3) is 0 Å². The van der Waals surface area contributed by atoms with Gasteiger partial charge in [0.05, 0.1) is 5.56 Å². The number of benzene rings is 7. The molecule has 0 spiro atoms. The van der Waals surface area contributed by atoms with Crippen LogP contribution in [0.3, 0.4) is 0 Å². The largest absolute Gasteiger partial charge is 0.455 e. The van der Waals surface area contributed by atoms with Crippen molar-refractivity contribution in [2.45, 2.75) is 0 Å². The van der Waals surface area contributed by atoms with Crippen molar-refractivity contribution < 1.29 is 8.83 Å². The van der Waals surface area contributed by atoms with Crippen LogP contribution in [0.15, 0.2) is 185 Å². The van der Waals surface area contributed by atoms with Gasteiger partial charge in [0.2, 0.25) is 0 Å². The van der Waals surface area contributed by atoms with Gasteiger partial charge in [0.1, 0.15) is 28.0 Å². The van der Waals surface area contributed by atoms with Gasteiger partial charge in [-0.2, -0.15) is 0 Å². The van der Waals surface area contributed by atoms with Crippen LogP contribution in [0, 0.1) is 0 Å². The third kappa shape index (κ3) is 5.41. The van der Waals surface area contributed by atoms with E-state index < -0.39 is 0 Å². The van der Waals surface area contributed by atoms with E-state index in [4.69, 9.17) is 33.8 Å². The summed E-state index contributed by atoms with van der Waals surface area (Å²) in [6.45, 7) is 0. The fraction of sp³-hybridized carbons (Fsp3) is 0. The van der Waals surface area contributed by atoms with Crippen LogP contribution in [0.2, 0.25) is 0 Å². The molecule has 7 heteroatoms. The average molecular weight is 720 g/mol. The Kier molecular flexibility index (Phi) is 7.35. The van der Waals surface area contributed by atoms with Gasteiger partial charge in [0.15, 0.2) is 28.9 Å². The molecule has 0 atom stereocenters. The average Bonchev–Trinajstić information content (AvgIpc) is 3.85. The highest BCUT2D eigenvalue weighted by molar-refractivity contribution is 6.11. The second kappa shape index (κ2) is 13.0. The molecule has 0 N–H and O–H groups in total. The summed E-state index contributed by atoms with van der Waals surface area (Å²) in [5.74, 6) is 2.46. The molecule has 262 valence electrons. The predicted octanol–water partition coefficient (Wildman–Crippen LogP) is 12.5. The predicted molar refractivity (Wildman–Crippen MR) is 223 cm³/mol. The van der Waals surface area contributed by atoms with Gasteiger partial charge in [-0.1, -0.05) is 146 Å². The van der Waals surface area contributed by atoms with Crippen molar-refractivity contribution in [3.8, 4) is 67.9 Å². The minimum Gasteiger partial charge on any atom is -0.455 e. The first-order valence-corrected chi connectivity index (χ1v) is 18.4. The normalized spacial score (nSPS) is 11.6. The monoisotopic (exact) mass is 719 g/mol. The first kappa shape index (κ1) is 31.7. The lowest BCUT2D eigenvalue weighted by Crippen LogP contribution is -2.00. The van der Waals surface area contributed by atoms with Crippen LogP contribution in [0.25, 0.3) is 112 Å². The fourth-order valence-corrected chi connectivity index (χ4v) is 7.41. The summed E-state index contributed by atoms with van der Waals surface area (Å²) in [6, 6.07) is 58.9. The van der Waals surface area contributed by atoms with E-state index in [1.165, 1.54) is 0 Å². The molecule has 11 rings (SSSR count). The van der Waals surface area contributed by atoms with Crippen molar-refractivity contribution in [3.63, 3.8) is 0 Å². The fourth-order valence-electron chi connectivity index (χ4n) is 7.41. The molecule has 7 aromatic carbocycles. The molecule has 0 radical (unpaired) electrons. The molecule has 0 aliphatic rings. The molecule has 0 saturated heterocycles. The molecule has 0 amide bonds. The summed E-state index contributed by atoms with van der Waals surface area (Å²) in [7, 11) is 0. The van der Waals surface area contributed by atoms with Crippen LogP contribution < -0.4 is 0 Å². The molecule has 0 saturated carbocycles. The second-order valence-electron chi connectivity index (χ2n) is 13.6. The van der Waals surface area contributed by atoms with Gasteiger partial charge in [-0.25, -0.2) is 24.9 Å². The van der Waals surface area contributed by atoms with Crippen molar-refractivity contribution in [1.29, 1.82) is 0 Å². The van der Waals surface area contributed by atoms with Crippen LogP contribution in [-0.2, 0) is 0 Å². The van der Waals surface area contributed by atoms with Gasteiger partial charge in [-0.05, 0) is 41.5 Å². The van der Waals surface area contributed by atoms with E-state index in [0.29, 0.717) is 28.9 Å². The third-order valence-corrected chi connectivity index (χ3v) is 10.2. The molecule has 0 fully saturated rings. The Morgan fingerprint density at radius 1 is 0.304 bits per heavy atom. The van der Waals surface area contributed by atoms with Gasteiger partial charge in [-0.3, -0.25) is 0 Å². The quantitative estimate of drug-likeness (QED) is 0.169. The summed E-state index contributed by atoms with van der Waals surface area (Å²) >= 11 is 0. The van der Waals surface area contributed by atoms with Crippen molar-refractivity contribution in [2.24, 2.45) is 0 Å². The number of hydrogen-bond acceptors (Lipinski definition) is 7. The molecule has 0 aliphatic carbocycles. The molecule has 11 aromatic rings. The lowest BCUT2D eigenvalue weighted by molar-refractivity contribution is 0.666. The SMILES string of the molecule is c1ccc(-c2nc(-c3ccccc3)nc(-c3ccc(-c4ccc5c(c4)oc4c(-c6nc(-c7ccccc7)c7oc8ccccc8c7n6)cccc45)cc3)n2)cc1. The molecular weight excluding hydrogens is 691 g/mol. The van der Waals surface area contributed by atoms with E-state index in [-0.39, 0.29) is 0 Å². The third-order valence-electron chi connectivity index (χ3n) is 10.2. The van der Waals surface area contributed by atoms with Crippen molar-refractivity contribution in [2.75, 3.05) is 0 Å². The smallest absolute Gasteiger partial charge is 0.180 e. The first-order valence-electron chi connectivity index (χ1n) is 18.4. The van der Waals surface area contributed by atoms with Crippen LogP contribution in [-0.4, -0.2) is 24.9 Å². The molecule has 56 heavy (non-hydrogen) atoms. The molecule has 0 unspecified atom stereocenters. The number of rotatable bonds is 6. The van der Waals surface area contributed by atoms with Gasteiger partial charge >= 0.3 is 0 Å². The Morgan fingerprint density at radius 3 is 1.52 bits per heavy atom. The zero-order valence-electron chi connectivity index (χ0n) is 29.8. The Hall–Kier alpha value is -7.77. The zero-order chi connectivity index (χ0) is 37.0. The molecule has 7 nitrogen and oxygen atoms in total. The van der Waals surface area contributed by atoms with Crippen molar-refractivity contribution >= 4 is 44.0 Å². The van der Waals surface area contributed by atoms with E-state index in [2.05, 4.69) is 48.5 Å². The highest BCUT2D eigenvalue weighted by Gasteiger charge is 2.21. The summed E-state index contributed by atoms with van der Waals surface area (Å²) in [4.78, 5) is 24.9. The molecule has 4 heterocycles. The Morgan fingerprint density at radius 2 is 0.839 bits per heavy atom. The lowest BCUT2D eigenvalue weighted by atomic mass is 10.0. The van der Waals surface area contributed by atoms with Crippen molar-refractivity contribution in [3.05, 3.63) is 176 Å². The highest BCUT2D eigenvalue weighted by Crippen LogP contribution is 2.40. The van der Waals surface area contributed by atoms with E-state index in [0.717, 1.165) is 83.1 Å². The Balaban J connectivity index is 0.989. The van der Waals surface area contributed by atoms with E-state index in [1.807, 2.05) is 127 Å². The van der Waals surface area contributed by atoms with E-state index in [1.54, 1.807) is 0 Å². The second-order valence-corrected chi connectivity index (χ2v) is 13.6. The highest BCUT2D eigenvalue weighted by atomic mass is 16.3. The Labute approximate surface area is 320 Å². The molecule has 0 bridgehead atoms. The van der Waals surface area contributed by atoms with Crippen molar-refractivity contribution in [1.82, 2.24) is 24.9 Å².